The summed E-state index contributed by atoms with van der Waals surface area (Å²) in [5, 5.41) is 11.4. The standard InChI is InChI=1S/C18H17FN2O7S/c1-9(22)27-6-10-8-29-17-14(16(24)21(17)15(10)18(25)26)20-13(23)7-28-12-4-2-11(19)3-5-12/h2-5,14,17H,6-8H2,1H3,(H,20,23)(H,25,26)/t14-,17-/m0/s1. The molecule has 3 rings (SSSR count). The van der Waals surface area contributed by atoms with Gasteiger partial charge in [0.25, 0.3) is 11.8 Å². The minimum atomic E-state index is -1.31. The molecule has 1 aromatic carbocycles. The van der Waals surface area contributed by atoms with Crippen molar-refractivity contribution in [1.29, 1.82) is 0 Å². The van der Waals surface area contributed by atoms with Gasteiger partial charge in [-0.15, -0.1) is 11.8 Å². The molecule has 154 valence electrons. The van der Waals surface area contributed by atoms with Gasteiger partial charge in [-0.3, -0.25) is 19.3 Å². The number of carboxylic acid groups (broad SMARTS) is 1. The summed E-state index contributed by atoms with van der Waals surface area (Å²) in [6, 6.07) is 4.21. The molecule has 29 heavy (non-hydrogen) atoms. The summed E-state index contributed by atoms with van der Waals surface area (Å²) in [5.41, 5.74) is 0.0831. The highest BCUT2D eigenvalue weighted by atomic mass is 32.2. The van der Waals surface area contributed by atoms with E-state index in [2.05, 4.69) is 5.32 Å². The molecule has 1 fully saturated rings. The van der Waals surface area contributed by atoms with Crippen molar-refractivity contribution in [2.75, 3.05) is 19.0 Å². The van der Waals surface area contributed by atoms with Crippen LogP contribution in [0.5, 0.6) is 5.75 Å². The number of carbonyl (C=O) groups is 4. The van der Waals surface area contributed by atoms with E-state index in [0.29, 0.717) is 11.3 Å². The number of aliphatic carboxylic acids is 1. The van der Waals surface area contributed by atoms with Crippen molar-refractivity contribution in [1.82, 2.24) is 10.2 Å². The zero-order chi connectivity index (χ0) is 21.1. The number of carbonyl (C=O) groups excluding carboxylic acids is 3. The number of hydrogen-bond donors (Lipinski definition) is 2. The van der Waals surface area contributed by atoms with Gasteiger partial charge in [0.05, 0.1) is 0 Å². The van der Waals surface area contributed by atoms with Gasteiger partial charge in [-0.2, -0.15) is 0 Å². The summed E-state index contributed by atoms with van der Waals surface area (Å²) >= 11 is 1.26. The Balaban J connectivity index is 1.61. The molecule has 1 saturated heterocycles. The maximum absolute atomic E-state index is 12.9. The highest BCUT2D eigenvalue weighted by Gasteiger charge is 2.54. The summed E-state index contributed by atoms with van der Waals surface area (Å²) in [7, 11) is 0. The Morgan fingerprint density at radius 3 is 2.62 bits per heavy atom. The third-order valence-corrected chi connectivity index (χ3v) is 5.54. The van der Waals surface area contributed by atoms with Gasteiger partial charge in [-0.25, -0.2) is 9.18 Å². The molecular weight excluding hydrogens is 407 g/mol. The first-order valence-corrected chi connectivity index (χ1v) is 9.54. The Bertz CT molecular complexity index is 887. The van der Waals surface area contributed by atoms with Crippen LogP contribution in [0, 0.1) is 5.82 Å². The average Bonchev–Trinajstić information content (AvgIpc) is 2.69. The van der Waals surface area contributed by atoms with Gasteiger partial charge in [0.15, 0.2) is 6.61 Å². The lowest BCUT2D eigenvalue weighted by Gasteiger charge is -2.49. The number of nitrogens with one attached hydrogen (secondary N) is 1. The molecule has 0 bridgehead atoms. The number of rotatable bonds is 7. The Morgan fingerprint density at radius 1 is 1.31 bits per heavy atom. The topological polar surface area (TPSA) is 122 Å². The molecule has 2 aliphatic rings. The van der Waals surface area contributed by atoms with E-state index in [4.69, 9.17) is 9.47 Å². The lowest BCUT2D eigenvalue weighted by molar-refractivity contribution is -0.151. The maximum atomic E-state index is 12.9. The van der Waals surface area contributed by atoms with Crippen molar-refractivity contribution in [3.8, 4) is 5.75 Å². The zero-order valence-electron chi connectivity index (χ0n) is 15.2. The maximum Gasteiger partial charge on any atom is 0.352 e. The Morgan fingerprint density at radius 2 is 2.00 bits per heavy atom. The number of β-lactam (4-membered cyclic amide) rings is 1. The lowest BCUT2D eigenvalue weighted by Crippen LogP contribution is -2.71. The summed E-state index contributed by atoms with van der Waals surface area (Å²) in [6.07, 6.45) is 0. The predicted molar refractivity (Wildman–Crippen MR) is 98.2 cm³/mol. The number of amides is 2. The molecule has 0 unspecified atom stereocenters. The third-order valence-electron chi connectivity index (χ3n) is 4.20. The summed E-state index contributed by atoms with van der Waals surface area (Å²) < 4.78 is 23.0. The number of benzene rings is 1. The second kappa shape index (κ2) is 8.52. The molecule has 0 aliphatic carbocycles. The van der Waals surface area contributed by atoms with Crippen LogP contribution in [0.3, 0.4) is 0 Å². The Kier molecular flexibility index (Phi) is 6.06. The molecule has 2 amide bonds. The fourth-order valence-corrected chi connectivity index (χ4v) is 4.21. The number of hydrogen-bond acceptors (Lipinski definition) is 7. The van der Waals surface area contributed by atoms with Gasteiger partial charge < -0.3 is 19.9 Å². The Labute approximate surface area is 168 Å². The van der Waals surface area contributed by atoms with Crippen LogP contribution in [-0.2, 0) is 23.9 Å². The van der Waals surface area contributed by atoms with Crippen LogP contribution in [0.2, 0.25) is 0 Å². The monoisotopic (exact) mass is 424 g/mol. The number of nitrogens with zero attached hydrogens (tertiary/aromatic N) is 1. The van der Waals surface area contributed by atoms with E-state index in [0.717, 1.165) is 4.90 Å². The number of fused-ring (bicyclic) bond motifs is 1. The molecule has 2 heterocycles. The second-order valence-corrected chi connectivity index (χ2v) is 7.34. The molecule has 2 N–H and O–H groups in total. The molecular formula is C18H17FN2O7S. The zero-order valence-corrected chi connectivity index (χ0v) is 16.0. The molecule has 0 spiro atoms. The molecule has 0 aromatic heterocycles. The first-order valence-electron chi connectivity index (χ1n) is 8.49. The van der Waals surface area contributed by atoms with Crippen molar-refractivity contribution < 1.29 is 38.1 Å². The second-order valence-electron chi connectivity index (χ2n) is 6.24. The summed E-state index contributed by atoms with van der Waals surface area (Å²) in [4.78, 5) is 48.2. The van der Waals surface area contributed by atoms with Gasteiger partial charge in [0.2, 0.25) is 0 Å². The van der Waals surface area contributed by atoms with Crippen LogP contribution in [0.4, 0.5) is 4.39 Å². The van der Waals surface area contributed by atoms with Crippen LogP contribution in [0.1, 0.15) is 6.92 Å². The van der Waals surface area contributed by atoms with Crippen LogP contribution >= 0.6 is 11.8 Å². The first kappa shape index (κ1) is 20.6. The van der Waals surface area contributed by atoms with Crippen LogP contribution in [-0.4, -0.2) is 64.1 Å². The molecule has 0 saturated carbocycles. The first-order chi connectivity index (χ1) is 13.8. The average molecular weight is 424 g/mol. The Hall–Kier alpha value is -3.08. The van der Waals surface area contributed by atoms with E-state index in [1.54, 1.807) is 0 Å². The van der Waals surface area contributed by atoms with E-state index in [9.17, 15) is 28.7 Å². The molecule has 0 radical (unpaired) electrons. The fourth-order valence-electron chi connectivity index (χ4n) is 2.88. The largest absolute Gasteiger partial charge is 0.484 e. The number of esters is 1. The normalized spacial score (nSPS) is 20.5. The summed E-state index contributed by atoms with van der Waals surface area (Å²) in [6.45, 7) is 0.600. The van der Waals surface area contributed by atoms with Gasteiger partial charge in [-0.1, -0.05) is 0 Å². The number of halogens is 1. The fraction of sp³-hybridized carbons (Fsp3) is 0.333. The number of thioether (sulfide) groups is 1. The minimum Gasteiger partial charge on any atom is -0.484 e. The van der Waals surface area contributed by atoms with Crippen molar-refractivity contribution in [3.05, 3.63) is 41.4 Å². The van der Waals surface area contributed by atoms with Gasteiger partial charge in [-0.05, 0) is 24.3 Å². The van der Waals surface area contributed by atoms with Crippen LogP contribution < -0.4 is 10.1 Å². The number of carboxylic acids is 1. The van der Waals surface area contributed by atoms with Crippen molar-refractivity contribution in [3.63, 3.8) is 0 Å². The quantitative estimate of drug-likeness (QED) is 0.480. The highest BCUT2D eigenvalue weighted by Crippen LogP contribution is 2.40. The van der Waals surface area contributed by atoms with Crippen molar-refractivity contribution in [2.24, 2.45) is 0 Å². The SMILES string of the molecule is CC(=O)OCC1=C(C(=O)O)N2C(=O)[C@H](NC(=O)COc3ccc(F)cc3)[C@@H]2SC1. The van der Waals surface area contributed by atoms with E-state index < -0.39 is 41.0 Å². The molecule has 9 nitrogen and oxygen atoms in total. The molecule has 2 aliphatic heterocycles. The van der Waals surface area contributed by atoms with Crippen molar-refractivity contribution in [2.45, 2.75) is 18.3 Å². The molecule has 2 atom stereocenters. The van der Waals surface area contributed by atoms with E-state index in [-0.39, 0.29) is 24.7 Å². The van der Waals surface area contributed by atoms with Gasteiger partial charge >= 0.3 is 11.9 Å². The lowest BCUT2D eigenvalue weighted by atomic mass is 10.0. The van der Waals surface area contributed by atoms with E-state index in [1.807, 2.05) is 0 Å². The minimum absolute atomic E-state index is 0.219. The molecule has 1 aromatic rings. The molecule has 11 heteroatoms. The van der Waals surface area contributed by atoms with Crippen molar-refractivity contribution >= 4 is 35.5 Å². The highest BCUT2D eigenvalue weighted by molar-refractivity contribution is 8.00. The van der Waals surface area contributed by atoms with Gasteiger partial charge in [0.1, 0.15) is 35.3 Å². The van der Waals surface area contributed by atoms with E-state index in [1.165, 1.54) is 43.0 Å². The number of ether oxygens (including phenoxy) is 2. The van der Waals surface area contributed by atoms with Crippen LogP contribution in [0.25, 0.3) is 0 Å². The van der Waals surface area contributed by atoms with Gasteiger partial charge in [0, 0.05) is 18.2 Å². The smallest absolute Gasteiger partial charge is 0.352 e. The van der Waals surface area contributed by atoms with E-state index >= 15 is 0 Å². The summed E-state index contributed by atoms with van der Waals surface area (Å²) in [5.74, 6) is -2.92. The van der Waals surface area contributed by atoms with Crippen LogP contribution in [0.15, 0.2) is 35.5 Å². The predicted octanol–water partition coefficient (Wildman–Crippen LogP) is 0.506. The third kappa shape index (κ3) is 4.50.